The number of halogens is 1. The summed E-state index contributed by atoms with van der Waals surface area (Å²) < 4.78 is 0. The molecule has 0 heterocycles. The molecule has 2 heteroatoms. The van der Waals surface area contributed by atoms with Gasteiger partial charge in [-0.05, 0) is 19.1 Å². The van der Waals surface area contributed by atoms with E-state index in [1.165, 1.54) is 0 Å². The topological polar surface area (TPSA) is 17.1 Å². The van der Waals surface area contributed by atoms with Gasteiger partial charge in [0.05, 0.1) is 5.33 Å². The molecule has 0 amide bonds. The number of Topliss-reactive ketones (excluding diaryl/α,β-unsaturated/α-hetero) is 1. The second-order valence-electron chi connectivity index (χ2n) is 2.57. The maximum absolute atomic E-state index is 11.0. The number of ketones is 1. The van der Waals surface area contributed by atoms with Crippen LogP contribution in [-0.4, -0.2) is 11.1 Å². The largest absolute Gasteiger partial charge is 0.295 e. The quantitative estimate of drug-likeness (QED) is 0.417. The van der Waals surface area contributed by atoms with Gasteiger partial charge in [-0.3, -0.25) is 4.79 Å². The van der Waals surface area contributed by atoms with E-state index in [1.54, 1.807) is 19.1 Å². The van der Waals surface area contributed by atoms with Gasteiger partial charge in [0.1, 0.15) is 0 Å². The summed E-state index contributed by atoms with van der Waals surface area (Å²) in [5.74, 6) is 5.90. The molecule has 1 nitrogen and oxygen atoms in total. The molecule has 1 aromatic rings. The van der Waals surface area contributed by atoms with E-state index in [2.05, 4.69) is 27.8 Å². The van der Waals surface area contributed by atoms with Crippen molar-refractivity contribution in [3.63, 3.8) is 0 Å². The summed E-state index contributed by atoms with van der Waals surface area (Å²) in [5.41, 5.74) is 1.59. The predicted octanol–water partition coefficient (Wildman–Crippen LogP) is 2.64. The second-order valence-corrected chi connectivity index (χ2v) is 3.13. The first-order chi connectivity index (χ1) is 6.24. The minimum atomic E-state index is 0.0718. The van der Waals surface area contributed by atoms with Crippen molar-refractivity contribution in [2.75, 3.05) is 5.33 Å². The van der Waals surface area contributed by atoms with Gasteiger partial charge >= 0.3 is 0 Å². The van der Waals surface area contributed by atoms with Crippen molar-refractivity contribution in [2.24, 2.45) is 0 Å². The van der Waals surface area contributed by atoms with E-state index in [-0.39, 0.29) is 5.78 Å². The molecule has 0 aromatic heterocycles. The van der Waals surface area contributed by atoms with Crippen LogP contribution < -0.4 is 0 Å². The summed E-state index contributed by atoms with van der Waals surface area (Å²) in [6.45, 7) is 1.55. The highest BCUT2D eigenvalue weighted by molar-refractivity contribution is 9.09. The molecule has 0 N–H and O–H groups in total. The van der Waals surface area contributed by atoms with E-state index in [9.17, 15) is 4.79 Å². The van der Waals surface area contributed by atoms with Gasteiger partial charge < -0.3 is 0 Å². The van der Waals surface area contributed by atoms with E-state index in [0.717, 1.165) is 5.56 Å². The first kappa shape index (κ1) is 10.0. The Balaban J connectivity index is 2.98. The molecule has 0 aliphatic rings. The molecule has 0 aliphatic heterocycles. The SMILES string of the molecule is CC(=O)c1cccc(C#CCBr)c1. The van der Waals surface area contributed by atoms with Gasteiger partial charge in [0.25, 0.3) is 0 Å². The fourth-order valence-corrected chi connectivity index (χ4v) is 1.09. The first-order valence-electron chi connectivity index (χ1n) is 3.90. The highest BCUT2D eigenvalue weighted by atomic mass is 79.9. The summed E-state index contributed by atoms with van der Waals surface area (Å²) in [6, 6.07) is 7.33. The lowest BCUT2D eigenvalue weighted by Gasteiger charge is -1.94. The molecule has 0 radical (unpaired) electrons. The maximum Gasteiger partial charge on any atom is 0.159 e. The van der Waals surface area contributed by atoms with Crippen LogP contribution in [0.2, 0.25) is 0 Å². The summed E-state index contributed by atoms with van der Waals surface area (Å²) in [5, 5.41) is 0.650. The fourth-order valence-electron chi connectivity index (χ4n) is 0.951. The molecule has 1 rings (SSSR count). The smallest absolute Gasteiger partial charge is 0.159 e. The molecule has 0 fully saturated rings. The van der Waals surface area contributed by atoms with Gasteiger partial charge in [0.15, 0.2) is 5.78 Å². The zero-order valence-electron chi connectivity index (χ0n) is 7.30. The number of alkyl halides is 1. The van der Waals surface area contributed by atoms with Gasteiger partial charge in [-0.25, -0.2) is 0 Å². The van der Waals surface area contributed by atoms with Crippen LogP contribution in [0, 0.1) is 11.8 Å². The Kier molecular flexibility index (Phi) is 3.72. The number of hydrogen-bond acceptors (Lipinski definition) is 1. The third kappa shape index (κ3) is 3.04. The van der Waals surface area contributed by atoms with Gasteiger partial charge in [0.2, 0.25) is 0 Å². The minimum absolute atomic E-state index is 0.0718. The van der Waals surface area contributed by atoms with Gasteiger partial charge in [-0.15, -0.1) is 0 Å². The summed E-state index contributed by atoms with van der Waals surface area (Å²) in [6.07, 6.45) is 0. The molecule has 0 atom stereocenters. The molecular weight excluding hydrogens is 228 g/mol. The number of benzene rings is 1. The predicted molar refractivity (Wildman–Crippen MR) is 57.1 cm³/mol. The zero-order valence-corrected chi connectivity index (χ0v) is 8.89. The third-order valence-electron chi connectivity index (χ3n) is 1.57. The highest BCUT2D eigenvalue weighted by Crippen LogP contribution is 2.04. The van der Waals surface area contributed by atoms with Crippen molar-refractivity contribution in [1.29, 1.82) is 0 Å². The molecule has 0 spiro atoms. The van der Waals surface area contributed by atoms with Crippen molar-refractivity contribution in [2.45, 2.75) is 6.92 Å². The molecule has 66 valence electrons. The maximum atomic E-state index is 11.0. The summed E-state index contributed by atoms with van der Waals surface area (Å²) in [7, 11) is 0. The lowest BCUT2D eigenvalue weighted by Crippen LogP contribution is -1.91. The van der Waals surface area contributed by atoms with Gasteiger partial charge in [-0.1, -0.05) is 39.9 Å². The van der Waals surface area contributed by atoms with Gasteiger partial charge in [0, 0.05) is 11.1 Å². The average Bonchev–Trinajstić information content (AvgIpc) is 2.15. The normalized spacial score (nSPS) is 8.77. The van der Waals surface area contributed by atoms with Crippen molar-refractivity contribution >= 4 is 21.7 Å². The van der Waals surface area contributed by atoms with E-state index < -0.39 is 0 Å². The van der Waals surface area contributed by atoms with E-state index >= 15 is 0 Å². The van der Waals surface area contributed by atoms with Crippen molar-refractivity contribution in [3.8, 4) is 11.8 Å². The Hall–Kier alpha value is -1.07. The van der Waals surface area contributed by atoms with Crippen LogP contribution in [0.4, 0.5) is 0 Å². The number of carbonyl (C=O) groups is 1. The van der Waals surface area contributed by atoms with Crippen molar-refractivity contribution in [3.05, 3.63) is 35.4 Å². The van der Waals surface area contributed by atoms with Crippen LogP contribution in [0.1, 0.15) is 22.8 Å². The molecule has 0 saturated heterocycles. The highest BCUT2D eigenvalue weighted by Gasteiger charge is 1.97. The Morgan fingerprint density at radius 3 is 2.92 bits per heavy atom. The molecule has 1 aromatic carbocycles. The van der Waals surface area contributed by atoms with Crippen LogP contribution in [0.3, 0.4) is 0 Å². The summed E-state index contributed by atoms with van der Waals surface area (Å²) >= 11 is 3.21. The standard InChI is InChI=1S/C11H9BrO/c1-9(13)11-6-2-4-10(8-11)5-3-7-12/h2,4,6,8H,7H2,1H3. The Morgan fingerprint density at radius 1 is 1.54 bits per heavy atom. The number of carbonyl (C=O) groups excluding carboxylic acids is 1. The average molecular weight is 237 g/mol. The van der Waals surface area contributed by atoms with Crippen LogP contribution in [0.25, 0.3) is 0 Å². The first-order valence-corrected chi connectivity index (χ1v) is 5.02. The zero-order chi connectivity index (χ0) is 9.68. The van der Waals surface area contributed by atoms with Crippen LogP contribution >= 0.6 is 15.9 Å². The molecule has 0 unspecified atom stereocenters. The number of hydrogen-bond donors (Lipinski definition) is 0. The molecule has 0 saturated carbocycles. The monoisotopic (exact) mass is 236 g/mol. The van der Waals surface area contributed by atoms with E-state index in [1.807, 2.05) is 12.1 Å². The van der Waals surface area contributed by atoms with Crippen LogP contribution in [-0.2, 0) is 0 Å². The lowest BCUT2D eigenvalue weighted by atomic mass is 10.1. The second kappa shape index (κ2) is 4.84. The third-order valence-corrected chi connectivity index (χ3v) is 1.85. The van der Waals surface area contributed by atoms with E-state index in [4.69, 9.17) is 0 Å². The molecular formula is C11H9BrO. The minimum Gasteiger partial charge on any atom is -0.295 e. The lowest BCUT2D eigenvalue weighted by molar-refractivity contribution is 0.101. The van der Waals surface area contributed by atoms with Crippen molar-refractivity contribution in [1.82, 2.24) is 0 Å². The molecule has 13 heavy (non-hydrogen) atoms. The van der Waals surface area contributed by atoms with Crippen molar-refractivity contribution < 1.29 is 4.79 Å². The summed E-state index contributed by atoms with van der Waals surface area (Å²) in [4.78, 5) is 11.0. The Bertz CT molecular complexity index is 371. The molecule has 0 bridgehead atoms. The molecule has 0 aliphatic carbocycles. The van der Waals surface area contributed by atoms with Crippen LogP contribution in [0.15, 0.2) is 24.3 Å². The number of rotatable bonds is 1. The van der Waals surface area contributed by atoms with Crippen LogP contribution in [0.5, 0.6) is 0 Å². The van der Waals surface area contributed by atoms with Gasteiger partial charge in [-0.2, -0.15) is 0 Å². The Labute approximate surface area is 86.3 Å². The van der Waals surface area contributed by atoms with E-state index in [0.29, 0.717) is 10.9 Å². The Morgan fingerprint density at radius 2 is 2.31 bits per heavy atom. The fraction of sp³-hybridized carbons (Fsp3) is 0.182.